The van der Waals surface area contributed by atoms with Crippen molar-refractivity contribution in [1.82, 2.24) is 10.2 Å². The van der Waals surface area contributed by atoms with Crippen LogP contribution < -0.4 is 5.32 Å². The van der Waals surface area contributed by atoms with Gasteiger partial charge in [0.25, 0.3) is 0 Å². The standard InChI is InChI=1S/C21H29BrN2O4/c1-20(2,3)28-19(26)24-11-10-23-13-16(24)18(25)17(21(27)8-5-9-21)14-6-4-7-15(22)12-14/h4,6-7,12,16-17,23,27H,5,8-11,13H2,1-3H3. The Morgan fingerprint density at radius 1 is 1.36 bits per heavy atom. The van der Waals surface area contributed by atoms with Crippen molar-refractivity contribution in [1.29, 1.82) is 0 Å². The van der Waals surface area contributed by atoms with E-state index in [1.165, 1.54) is 4.90 Å². The molecule has 0 spiro atoms. The summed E-state index contributed by atoms with van der Waals surface area (Å²) in [6, 6.07) is 6.85. The van der Waals surface area contributed by atoms with E-state index >= 15 is 0 Å². The Bertz CT molecular complexity index is 742. The number of piperazine rings is 1. The molecule has 1 aromatic carbocycles. The van der Waals surface area contributed by atoms with E-state index in [0.29, 0.717) is 32.5 Å². The minimum Gasteiger partial charge on any atom is -0.444 e. The van der Waals surface area contributed by atoms with Crippen molar-refractivity contribution in [3.05, 3.63) is 34.3 Å². The van der Waals surface area contributed by atoms with Crippen LogP contribution in [0.4, 0.5) is 4.79 Å². The number of hydrogen-bond donors (Lipinski definition) is 2. The fourth-order valence-corrected chi connectivity index (χ4v) is 4.36. The molecule has 28 heavy (non-hydrogen) atoms. The highest BCUT2D eigenvalue weighted by Crippen LogP contribution is 2.45. The molecular weight excluding hydrogens is 424 g/mol. The number of ether oxygens (including phenoxy) is 1. The predicted octanol–water partition coefficient (Wildman–Crippen LogP) is 3.23. The van der Waals surface area contributed by atoms with Crippen molar-refractivity contribution in [2.45, 2.75) is 63.2 Å². The first kappa shape index (κ1) is 21.3. The van der Waals surface area contributed by atoms with Crippen LogP contribution in [0.2, 0.25) is 0 Å². The van der Waals surface area contributed by atoms with Gasteiger partial charge < -0.3 is 15.2 Å². The molecule has 3 rings (SSSR count). The molecule has 0 aromatic heterocycles. The summed E-state index contributed by atoms with van der Waals surface area (Å²) in [4.78, 5) is 27.9. The Balaban J connectivity index is 1.91. The molecule has 2 fully saturated rings. The summed E-state index contributed by atoms with van der Waals surface area (Å²) in [7, 11) is 0. The number of hydrogen-bond acceptors (Lipinski definition) is 5. The molecule has 1 aliphatic carbocycles. The van der Waals surface area contributed by atoms with Gasteiger partial charge in [0, 0.05) is 24.1 Å². The fourth-order valence-electron chi connectivity index (χ4n) is 3.94. The normalized spacial score (nSPS) is 22.9. The van der Waals surface area contributed by atoms with Gasteiger partial charge in [0.1, 0.15) is 11.6 Å². The summed E-state index contributed by atoms with van der Waals surface area (Å²) in [6.07, 6.45) is 1.58. The van der Waals surface area contributed by atoms with E-state index in [1.807, 2.05) is 45.0 Å². The van der Waals surface area contributed by atoms with Gasteiger partial charge in [-0.25, -0.2) is 4.79 Å². The van der Waals surface area contributed by atoms with Crippen molar-refractivity contribution in [2.24, 2.45) is 0 Å². The lowest BCUT2D eigenvalue weighted by atomic mass is 9.66. The Hall–Kier alpha value is -1.44. The Labute approximate surface area is 174 Å². The van der Waals surface area contributed by atoms with Crippen molar-refractivity contribution in [3.8, 4) is 0 Å². The molecule has 6 nitrogen and oxygen atoms in total. The molecule has 0 radical (unpaired) electrons. The molecule has 1 aromatic rings. The number of nitrogens with zero attached hydrogens (tertiary/aromatic N) is 1. The number of halogens is 1. The van der Waals surface area contributed by atoms with Gasteiger partial charge in [-0.3, -0.25) is 9.69 Å². The number of nitrogens with one attached hydrogen (secondary N) is 1. The summed E-state index contributed by atoms with van der Waals surface area (Å²) in [5, 5.41) is 14.3. The van der Waals surface area contributed by atoms with Crippen LogP contribution in [0, 0.1) is 0 Å². The molecule has 1 saturated heterocycles. The molecule has 2 unspecified atom stereocenters. The number of benzene rings is 1. The summed E-state index contributed by atoms with van der Waals surface area (Å²) < 4.78 is 6.38. The molecule has 1 amide bonds. The highest BCUT2D eigenvalue weighted by molar-refractivity contribution is 9.10. The first-order valence-electron chi connectivity index (χ1n) is 9.83. The van der Waals surface area contributed by atoms with Crippen molar-refractivity contribution in [2.75, 3.05) is 19.6 Å². The van der Waals surface area contributed by atoms with E-state index in [0.717, 1.165) is 16.5 Å². The first-order chi connectivity index (χ1) is 13.1. The zero-order chi connectivity index (χ0) is 20.5. The number of rotatable bonds is 4. The monoisotopic (exact) mass is 452 g/mol. The second-order valence-corrected chi connectivity index (χ2v) is 9.66. The van der Waals surface area contributed by atoms with Crippen LogP contribution in [-0.2, 0) is 9.53 Å². The quantitative estimate of drug-likeness (QED) is 0.732. The molecule has 2 aliphatic rings. The van der Waals surface area contributed by atoms with E-state index in [2.05, 4.69) is 21.2 Å². The highest BCUT2D eigenvalue weighted by atomic mass is 79.9. The summed E-state index contributed by atoms with van der Waals surface area (Å²) >= 11 is 3.46. The van der Waals surface area contributed by atoms with Gasteiger partial charge in [-0.2, -0.15) is 0 Å². The minimum absolute atomic E-state index is 0.140. The number of amides is 1. The molecule has 1 aliphatic heterocycles. The van der Waals surface area contributed by atoms with Crippen LogP contribution >= 0.6 is 15.9 Å². The van der Waals surface area contributed by atoms with E-state index in [1.54, 1.807) is 0 Å². The summed E-state index contributed by atoms with van der Waals surface area (Å²) in [5.41, 5.74) is -0.920. The van der Waals surface area contributed by atoms with Gasteiger partial charge in [-0.1, -0.05) is 28.1 Å². The second-order valence-electron chi connectivity index (χ2n) is 8.74. The van der Waals surface area contributed by atoms with Crippen molar-refractivity contribution < 1.29 is 19.4 Å². The lowest BCUT2D eigenvalue weighted by Gasteiger charge is -2.45. The zero-order valence-electron chi connectivity index (χ0n) is 16.7. The van der Waals surface area contributed by atoms with Crippen molar-refractivity contribution >= 4 is 27.8 Å². The predicted molar refractivity (Wildman–Crippen MR) is 110 cm³/mol. The topological polar surface area (TPSA) is 78.9 Å². The Morgan fingerprint density at radius 2 is 2.07 bits per heavy atom. The average Bonchev–Trinajstić information content (AvgIpc) is 2.59. The third-order valence-corrected chi connectivity index (χ3v) is 5.92. The second kappa shape index (κ2) is 8.13. The average molecular weight is 453 g/mol. The maximum atomic E-state index is 13.7. The lowest BCUT2D eigenvalue weighted by Crippen LogP contribution is -2.61. The Kier molecular flexibility index (Phi) is 6.17. The third-order valence-electron chi connectivity index (χ3n) is 5.42. The number of Topliss-reactive ketones (excluding diaryl/α,β-unsaturated/α-hetero) is 1. The highest BCUT2D eigenvalue weighted by Gasteiger charge is 2.50. The largest absolute Gasteiger partial charge is 0.444 e. The van der Waals surface area contributed by atoms with Crippen LogP contribution in [0.3, 0.4) is 0 Å². The smallest absolute Gasteiger partial charge is 0.410 e. The van der Waals surface area contributed by atoms with Crippen LogP contribution in [0.1, 0.15) is 51.5 Å². The molecule has 1 heterocycles. The summed E-state index contributed by atoms with van der Waals surface area (Å²) in [5.74, 6) is -0.813. The first-order valence-corrected chi connectivity index (χ1v) is 10.6. The van der Waals surface area contributed by atoms with Crippen LogP contribution in [-0.4, -0.2) is 58.8 Å². The summed E-state index contributed by atoms with van der Waals surface area (Å²) in [6.45, 7) is 6.80. The Morgan fingerprint density at radius 3 is 2.64 bits per heavy atom. The van der Waals surface area contributed by atoms with Crippen LogP contribution in [0.15, 0.2) is 28.7 Å². The van der Waals surface area contributed by atoms with E-state index in [4.69, 9.17) is 4.74 Å². The van der Waals surface area contributed by atoms with Crippen molar-refractivity contribution in [3.63, 3.8) is 0 Å². The molecule has 0 bridgehead atoms. The van der Waals surface area contributed by atoms with Crippen LogP contribution in [0.5, 0.6) is 0 Å². The van der Waals surface area contributed by atoms with Gasteiger partial charge >= 0.3 is 6.09 Å². The minimum atomic E-state index is -1.06. The van der Waals surface area contributed by atoms with Gasteiger partial charge in [0.05, 0.1) is 11.5 Å². The third kappa shape index (κ3) is 4.58. The van der Waals surface area contributed by atoms with E-state index < -0.39 is 29.3 Å². The van der Waals surface area contributed by atoms with Gasteiger partial charge in [0.2, 0.25) is 0 Å². The van der Waals surface area contributed by atoms with Crippen LogP contribution in [0.25, 0.3) is 0 Å². The maximum Gasteiger partial charge on any atom is 0.410 e. The lowest BCUT2D eigenvalue weighted by molar-refractivity contribution is -0.138. The molecule has 2 N–H and O–H groups in total. The van der Waals surface area contributed by atoms with Gasteiger partial charge in [-0.15, -0.1) is 0 Å². The molecule has 154 valence electrons. The fraction of sp³-hybridized carbons (Fsp3) is 0.619. The molecular formula is C21H29BrN2O4. The zero-order valence-corrected chi connectivity index (χ0v) is 18.3. The molecule has 2 atom stereocenters. The number of ketones is 1. The molecule has 7 heteroatoms. The van der Waals surface area contributed by atoms with Gasteiger partial charge in [0.15, 0.2) is 5.78 Å². The maximum absolute atomic E-state index is 13.7. The number of carbonyl (C=O) groups excluding carboxylic acids is 2. The number of aliphatic hydroxyl groups is 1. The number of carbonyl (C=O) groups is 2. The van der Waals surface area contributed by atoms with Gasteiger partial charge in [-0.05, 0) is 57.7 Å². The van der Waals surface area contributed by atoms with E-state index in [-0.39, 0.29) is 5.78 Å². The van der Waals surface area contributed by atoms with E-state index in [9.17, 15) is 14.7 Å². The SMILES string of the molecule is CC(C)(C)OC(=O)N1CCNCC1C(=O)C(c1cccc(Br)c1)C1(O)CCC1. The molecule has 1 saturated carbocycles.